The summed E-state index contributed by atoms with van der Waals surface area (Å²) in [4.78, 5) is 3.93. The number of pyridine rings is 1. The van der Waals surface area contributed by atoms with Crippen LogP contribution < -0.4 is 11.3 Å². The molecular formula is C12H20N4O3S. The van der Waals surface area contributed by atoms with Crippen LogP contribution in [0.25, 0.3) is 0 Å². The second-order valence-electron chi connectivity index (χ2n) is 4.98. The van der Waals surface area contributed by atoms with Crippen molar-refractivity contribution < 1.29 is 13.5 Å². The third-order valence-corrected chi connectivity index (χ3v) is 5.55. The molecule has 7 nitrogen and oxygen atoms in total. The number of nitrogens with zero attached hydrogens (tertiary/aromatic N) is 2. The maximum absolute atomic E-state index is 12.5. The molecule has 1 aliphatic rings. The normalized spacial score (nSPS) is 19.8. The summed E-state index contributed by atoms with van der Waals surface area (Å²) in [7, 11) is -3.66. The predicted molar refractivity (Wildman–Crippen MR) is 75.2 cm³/mol. The predicted octanol–water partition coefficient (Wildman–Crippen LogP) is 0.149. The van der Waals surface area contributed by atoms with Gasteiger partial charge in [0.2, 0.25) is 0 Å². The van der Waals surface area contributed by atoms with Gasteiger partial charge in [-0.05, 0) is 37.8 Å². The van der Waals surface area contributed by atoms with E-state index in [2.05, 4.69) is 10.4 Å². The third-order valence-electron chi connectivity index (χ3n) is 3.69. The summed E-state index contributed by atoms with van der Waals surface area (Å²) in [6, 6.07) is 3.19. The number of aliphatic hydroxyl groups is 1. The molecule has 1 fully saturated rings. The number of sulfonamides is 1. The number of hydrogen-bond donors (Lipinski definition) is 3. The van der Waals surface area contributed by atoms with Gasteiger partial charge >= 0.3 is 0 Å². The number of rotatable bonds is 4. The fourth-order valence-corrected chi connectivity index (χ4v) is 3.96. The van der Waals surface area contributed by atoms with E-state index in [9.17, 15) is 13.5 Å². The minimum atomic E-state index is -3.66. The average molecular weight is 300 g/mol. The van der Waals surface area contributed by atoms with Crippen molar-refractivity contribution in [3.63, 3.8) is 0 Å². The molecule has 1 atom stereocenters. The van der Waals surface area contributed by atoms with E-state index < -0.39 is 16.1 Å². The highest BCUT2D eigenvalue weighted by atomic mass is 32.2. The Morgan fingerprint density at radius 1 is 1.50 bits per heavy atom. The summed E-state index contributed by atoms with van der Waals surface area (Å²) >= 11 is 0. The van der Waals surface area contributed by atoms with Crippen LogP contribution >= 0.6 is 0 Å². The maximum Gasteiger partial charge on any atom is 0.262 e. The van der Waals surface area contributed by atoms with Crippen molar-refractivity contribution in [1.82, 2.24) is 9.29 Å². The van der Waals surface area contributed by atoms with Crippen LogP contribution in [0.1, 0.15) is 19.8 Å². The highest BCUT2D eigenvalue weighted by molar-refractivity contribution is 7.89. The molecular weight excluding hydrogens is 280 g/mol. The number of nitrogens with two attached hydrogens (primary N) is 1. The monoisotopic (exact) mass is 300 g/mol. The molecule has 1 saturated heterocycles. The molecule has 8 heteroatoms. The van der Waals surface area contributed by atoms with E-state index in [-0.39, 0.29) is 16.6 Å². The van der Waals surface area contributed by atoms with E-state index >= 15 is 0 Å². The number of hydrogen-bond acceptors (Lipinski definition) is 6. The van der Waals surface area contributed by atoms with Gasteiger partial charge in [-0.2, -0.15) is 4.31 Å². The van der Waals surface area contributed by atoms with E-state index in [1.165, 1.54) is 10.5 Å². The largest absolute Gasteiger partial charge is 0.393 e. The van der Waals surface area contributed by atoms with Crippen molar-refractivity contribution >= 4 is 15.7 Å². The first-order valence-corrected chi connectivity index (χ1v) is 8.00. The molecule has 0 saturated carbocycles. The van der Waals surface area contributed by atoms with Gasteiger partial charge in [-0.25, -0.2) is 13.4 Å². The van der Waals surface area contributed by atoms with Gasteiger partial charge in [-0.3, -0.25) is 5.84 Å². The van der Waals surface area contributed by atoms with Gasteiger partial charge in [0, 0.05) is 19.3 Å². The fraction of sp³-hybridized carbons (Fsp3) is 0.583. The smallest absolute Gasteiger partial charge is 0.262 e. The second-order valence-corrected chi connectivity index (χ2v) is 6.84. The SMILES string of the molecule is CC(O)C1CCN(S(=O)(=O)c2ncccc2NN)CC1. The molecule has 1 aromatic rings. The Balaban J connectivity index is 2.20. The first-order valence-electron chi connectivity index (χ1n) is 6.56. The molecule has 0 bridgehead atoms. The van der Waals surface area contributed by atoms with Gasteiger partial charge in [-0.1, -0.05) is 0 Å². The van der Waals surface area contributed by atoms with Crippen LogP contribution in [0.4, 0.5) is 5.69 Å². The van der Waals surface area contributed by atoms with Gasteiger partial charge in [-0.15, -0.1) is 0 Å². The number of nitrogens with one attached hydrogen (secondary N) is 1. The molecule has 1 unspecified atom stereocenters. The third kappa shape index (κ3) is 2.93. The van der Waals surface area contributed by atoms with Crippen molar-refractivity contribution in [2.75, 3.05) is 18.5 Å². The Hall–Kier alpha value is -1.22. The van der Waals surface area contributed by atoms with Gasteiger partial charge in [0.25, 0.3) is 10.0 Å². The van der Waals surface area contributed by atoms with Gasteiger partial charge < -0.3 is 10.5 Å². The number of anilines is 1. The van der Waals surface area contributed by atoms with Gasteiger partial charge in [0.05, 0.1) is 11.8 Å². The number of piperidine rings is 1. The van der Waals surface area contributed by atoms with E-state index in [0.717, 1.165) is 0 Å². The number of aromatic nitrogens is 1. The lowest BCUT2D eigenvalue weighted by Crippen LogP contribution is -2.41. The lowest BCUT2D eigenvalue weighted by molar-refractivity contribution is 0.0911. The Morgan fingerprint density at radius 2 is 2.15 bits per heavy atom. The molecule has 112 valence electrons. The zero-order valence-electron chi connectivity index (χ0n) is 11.4. The second kappa shape index (κ2) is 6.04. The van der Waals surface area contributed by atoms with E-state index in [0.29, 0.717) is 25.9 Å². The zero-order valence-corrected chi connectivity index (χ0v) is 12.2. The number of hydrazine groups is 1. The van der Waals surface area contributed by atoms with Crippen LogP contribution in [-0.4, -0.2) is 42.0 Å². The van der Waals surface area contributed by atoms with Gasteiger partial charge in [0.15, 0.2) is 5.03 Å². The minimum absolute atomic E-state index is 0.0574. The lowest BCUT2D eigenvalue weighted by Gasteiger charge is -2.32. The number of aliphatic hydroxyl groups excluding tert-OH is 1. The van der Waals surface area contributed by atoms with Crippen LogP contribution in [0.3, 0.4) is 0 Å². The Labute approximate surface area is 118 Å². The summed E-state index contributed by atoms with van der Waals surface area (Å²) in [5.41, 5.74) is 2.64. The van der Waals surface area contributed by atoms with E-state index in [1.807, 2.05) is 0 Å². The summed E-state index contributed by atoms with van der Waals surface area (Å²) in [5, 5.41) is 9.50. The van der Waals surface area contributed by atoms with Crippen LogP contribution in [0.2, 0.25) is 0 Å². The van der Waals surface area contributed by atoms with Crippen LogP contribution in [0.15, 0.2) is 23.4 Å². The maximum atomic E-state index is 12.5. The van der Waals surface area contributed by atoms with Crippen molar-refractivity contribution in [3.8, 4) is 0 Å². The fourth-order valence-electron chi connectivity index (χ4n) is 2.43. The van der Waals surface area contributed by atoms with Gasteiger partial charge in [0.1, 0.15) is 0 Å². The van der Waals surface area contributed by atoms with E-state index in [4.69, 9.17) is 5.84 Å². The first-order chi connectivity index (χ1) is 9.46. The number of nitrogen functional groups attached to an aromatic ring is 1. The van der Waals surface area contributed by atoms with Crippen molar-refractivity contribution in [1.29, 1.82) is 0 Å². The Kier molecular flexibility index (Phi) is 4.59. The molecule has 0 spiro atoms. The highest BCUT2D eigenvalue weighted by Crippen LogP contribution is 2.27. The first kappa shape index (κ1) is 15.2. The minimum Gasteiger partial charge on any atom is -0.393 e. The molecule has 0 aromatic carbocycles. The van der Waals surface area contributed by atoms with Crippen molar-refractivity contribution in [3.05, 3.63) is 18.3 Å². The Bertz CT molecular complexity index is 554. The molecule has 2 rings (SSSR count). The lowest BCUT2D eigenvalue weighted by atomic mass is 9.93. The summed E-state index contributed by atoms with van der Waals surface area (Å²) in [5.74, 6) is 5.48. The van der Waals surface area contributed by atoms with Crippen LogP contribution in [-0.2, 0) is 10.0 Å². The average Bonchev–Trinajstić information content (AvgIpc) is 2.47. The van der Waals surface area contributed by atoms with Crippen molar-refractivity contribution in [2.24, 2.45) is 11.8 Å². The Morgan fingerprint density at radius 3 is 2.70 bits per heavy atom. The molecule has 2 heterocycles. The topological polar surface area (TPSA) is 109 Å². The van der Waals surface area contributed by atoms with Crippen LogP contribution in [0, 0.1) is 5.92 Å². The summed E-state index contributed by atoms with van der Waals surface area (Å²) < 4.78 is 26.5. The summed E-state index contributed by atoms with van der Waals surface area (Å²) in [6.45, 7) is 2.51. The standard InChI is InChI=1S/C12H20N4O3S/c1-9(17)10-4-7-16(8-5-10)20(18,19)12-11(15-13)3-2-6-14-12/h2-3,6,9-10,15,17H,4-5,7-8,13H2,1H3. The molecule has 4 N–H and O–H groups in total. The molecule has 1 aromatic heterocycles. The zero-order chi connectivity index (χ0) is 14.8. The van der Waals surface area contributed by atoms with E-state index in [1.54, 1.807) is 19.1 Å². The summed E-state index contributed by atoms with van der Waals surface area (Å²) in [6.07, 6.45) is 2.32. The molecule has 1 aliphatic heterocycles. The highest BCUT2D eigenvalue weighted by Gasteiger charge is 2.33. The van der Waals surface area contributed by atoms with Crippen LogP contribution in [0.5, 0.6) is 0 Å². The molecule has 20 heavy (non-hydrogen) atoms. The van der Waals surface area contributed by atoms with Crippen molar-refractivity contribution in [2.45, 2.75) is 30.9 Å². The molecule has 0 amide bonds. The molecule has 0 aliphatic carbocycles. The quantitative estimate of drug-likeness (QED) is 0.539. The molecule has 0 radical (unpaired) electrons.